The van der Waals surface area contributed by atoms with E-state index in [1.807, 2.05) is 14.0 Å². The first-order valence-corrected chi connectivity index (χ1v) is 4.95. The van der Waals surface area contributed by atoms with E-state index in [1.165, 1.54) is 0 Å². The van der Waals surface area contributed by atoms with Crippen LogP contribution in [-0.2, 0) is 0 Å². The fourth-order valence-electron chi connectivity index (χ4n) is 1.19. The molecule has 3 heteroatoms. The van der Waals surface area contributed by atoms with Crippen molar-refractivity contribution in [2.45, 2.75) is 40.2 Å². The van der Waals surface area contributed by atoms with Gasteiger partial charge in [0.25, 0.3) is 0 Å². The minimum Gasteiger partial charge on any atom is -0.336 e. The van der Waals surface area contributed by atoms with Gasteiger partial charge in [0.2, 0.25) is 0 Å². The van der Waals surface area contributed by atoms with Crippen LogP contribution in [0.25, 0.3) is 0 Å². The average Bonchev–Trinajstić information content (AvgIpc) is 2.12. The number of hydrogen-bond acceptors (Lipinski definition) is 2. The number of allylic oxidation sites excluding steroid dienone is 1. The SMILES string of the molecule is C=N/C=C(\CC)N(C)/C(C)=N\C(C)C. The highest BCUT2D eigenvalue weighted by Crippen LogP contribution is 2.08. The second kappa shape index (κ2) is 6.35. The molecule has 0 amide bonds. The molecule has 0 aliphatic heterocycles. The highest BCUT2D eigenvalue weighted by molar-refractivity contribution is 5.81. The standard InChI is InChI=1S/C11H21N3/c1-7-11(8-12-5)14(6)10(4)13-9(2)3/h8-9H,5,7H2,1-4,6H3/b11-8+,13-10-. The molecule has 0 spiro atoms. The summed E-state index contributed by atoms with van der Waals surface area (Å²) < 4.78 is 0. The van der Waals surface area contributed by atoms with Crippen molar-refractivity contribution in [3.05, 3.63) is 11.9 Å². The van der Waals surface area contributed by atoms with E-state index < -0.39 is 0 Å². The van der Waals surface area contributed by atoms with E-state index in [4.69, 9.17) is 0 Å². The summed E-state index contributed by atoms with van der Waals surface area (Å²) in [4.78, 5) is 10.3. The number of amidine groups is 1. The monoisotopic (exact) mass is 195 g/mol. The summed E-state index contributed by atoms with van der Waals surface area (Å²) >= 11 is 0. The van der Waals surface area contributed by atoms with E-state index >= 15 is 0 Å². The van der Waals surface area contributed by atoms with Crippen LogP contribution in [0.3, 0.4) is 0 Å². The third-order valence-corrected chi connectivity index (χ3v) is 1.96. The number of hydrogen-bond donors (Lipinski definition) is 0. The molecule has 80 valence electrons. The van der Waals surface area contributed by atoms with E-state index in [1.54, 1.807) is 6.20 Å². The van der Waals surface area contributed by atoms with Crippen LogP contribution in [0.4, 0.5) is 0 Å². The van der Waals surface area contributed by atoms with E-state index in [-0.39, 0.29) is 0 Å². The average molecular weight is 195 g/mol. The summed E-state index contributed by atoms with van der Waals surface area (Å²) in [6, 6.07) is 0.326. The molecule has 0 radical (unpaired) electrons. The Kier molecular flexibility index (Phi) is 5.84. The Bertz CT molecular complexity index is 239. The predicted octanol–water partition coefficient (Wildman–Crippen LogP) is 2.70. The molecule has 0 aromatic rings. The minimum atomic E-state index is 0.326. The zero-order chi connectivity index (χ0) is 11.1. The van der Waals surface area contributed by atoms with E-state index in [0.717, 1.165) is 18.0 Å². The van der Waals surface area contributed by atoms with Crippen molar-refractivity contribution < 1.29 is 0 Å². The lowest BCUT2D eigenvalue weighted by atomic mass is 10.3. The van der Waals surface area contributed by atoms with Crippen molar-refractivity contribution in [3.63, 3.8) is 0 Å². The topological polar surface area (TPSA) is 28.0 Å². The summed E-state index contributed by atoms with van der Waals surface area (Å²) in [7, 11) is 2.00. The maximum Gasteiger partial charge on any atom is 0.1000 e. The molecule has 0 atom stereocenters. The molecule has 0 saturated carbocycles. The first-order valence-electron chi connectivity index (χ1n) is 4.95. The predicted molar refractivity (Wildman–Crippen MR) is 63.9 cm³/mol. The molecule has 0 fully saturated rings. The van der Waals surface area contributed by atoms with Gasteiger partial charge in [0.1, 0.15) is 0 Å². The maximum atomic E-state index is 4.47. The van der Waals surface area contributed by atoms with Crippen LogP contribution in [0.5, 0.6) is 0 Å². The molecule has 0 heterocycles. The maximum absolute atomic E-state index is 4.47. The number of aliphatic imine (C=N–C) groups is 2. The van der Waals surface area contributed by atoms with E-state index in [9.17, 15) is 0 Å². The third-order valence-electron chi connectivity index (χ3n) is 1.96. The normalized spacial score (nSPS) is 13.3. The van der Waals surface area contributed by atoms with Crippen LogP contribution in [-0.4, -0.2) is 30.5 Å². The van der Waals surface area contributed by atoms with Gasteiger partial charge in [-0.2, -0.15) is 0 Å². The van der Waals surface area contributed by atoms with Crippen LogP contribution in [0.2, 0.25) is 0 Å². The second-order valence-electron chi connectivity index (χ2n) is 3.49. The molecule has 3 nitrogen and oxygen atoms in total. The number of rotatable bonds is 4. The smallest absolute Gasteiger partial charge is 0.1000 e. The fourth-order valence-corrected chi connectivity index (χ4v) is 1.19. The molecular weight excluding hydrogens is 174 g/mol. The van der Waals surface area contributed by atoms with Gasteiger partial charge in [-0.15, -0.1) is 0 Å². The zero-order valence-corrected chi connectivity index (χ0v) is 9.91. The summed E-state index contributed by atoms with van der Waals surface area (Å²) in [6.07, 6.45) is 2.71. The van der Waals surface area contributed by atoms with Crippen molar-refractivity contribution in [3.8, 4) is 0 Å². The summed E-state index contributed by atoms with van der Waals surface area (Å²) in [5.74, 6) is 1.01. The highest BCUT2D eigenvalue weighted by Gasteiger charge is 2.05. The van der Waals surface area contributed by atoms with Crippen LogP contribution in [0.1, 0.15) is 34.1 Å². The molecule has 0 saturated heterocycles. The van der Waals surface area contributed by atoms with Gasteiger partial charge in [0.05, 0.1) is 5.84 Å². The Morgan fingerprint density at radius 2 is 2.07 bits per heavy atom. The molecule has 0 aromatic heterocycles. The number of nitrogens with zero attached hydrogens (tertiary/aromatic N) is 3. The Hall–Kier alpha value is -1.12. The Morgan fingerprint density at radius 1 is 1.50 bits per heavy atom. The van der Waals surface area contributed by atoms with E-state index in [0.29, 0.717) is 6.04 Å². The van der Waals surface area contributed by atoms with Crippen molar-refractivity contribution in [1.29, 1.82) is 0 Å². The molecule has 0 bridgehead atoms. The first-order chi connectivity index (χ1) is 6.52. The van der Waals surface area contributed by atoms with Crippen LogP contribution >= 0.6 is 0 Å². The quantitative estimate of drug-likeness (QED) is 0.500. The van der Waals surface area contributed by atoms with Gasteiger partial charge in [0, 0.05) is 25.0 Å². The largest absolute Gasteiger partial charge is 0.336 e. The van der Waals surface area contributed by atoms with E-state index in [2.05, 4.69) is 42.4 Å². The zero-order valence-electron chi connectivity index (χ0n) is 9.91. The van der Waals surface area contributed by atoms with Crippen molar-refractivity contribution in [2.75, 3.05) is 7.05 Å². The molecule has 0 rings (SSSR count). The van der Waals surface area contributed by atoms with Crippen molar-refractivity contribution >= 4 is 12.6 Å². The highest BCUT2D eigenvalue weighted by atomic mass is 15.2. The molecule has 14 heavy (non-hydrogen) atoms. The lowest BCUT2D eigenvalue weighted by Crippen LogP contribution is -2.24. The van der Waals surface area contributed by atoms with Gasteiger partial charge >= 0.3 is 0 Å². The van der Waals surface area contributed by atoms with Gasteiger partial charge in [-0.25, -0.2) is 0 Å². The van der Waals surface area contributed by atoms with Crippen LogP contribution in [0, 0.1) is 0 Å². The molecule has 0 aliphatic rings. The summed E-state index contributed by atoms with van der Waals surface area (Å²) in [5.41, 5.74) is 1.13. The van der Waals surface area contributed by atoms with Gasteiger partial charge in [0.15, 0.2) is 0 Å². The van der Waals surface area contributed by atoms with Crippen LogP contribution in [0.15, 0.2) is 21.9 Å². The molecular formula is C11H21N3. The Morgan fingerprint density at radius 3 is 2.43 bits per heavy atom. The third kappa shape index (κ3) is 4.21. The van der Waals surface area contributed by atoms with Gasteiger partial charge in [-0.3, -0.25) is 9.98 Å². The minimum absolute atomic E-state index is 0.326. The first kappa shape index (κ1) is 12.9. The molecule has 0 N–H and O–H groups in total. The fraction of sp³-hybridized carbons (Fsp3) is 0.636. The molecule has 0 unspecified atom stereocenters. The molecule has 0 aromatic carbocycles. The van der Waals surface area contributed by atoms with Crippen LogP contribution < -0.4 is 0 Å². The van der Waals surface area contributed by atoms with Crippen molar-refractivity contribution in [2.24, 2.45) is 9.98 Å². The van der Waals surface area contributed by atoms with Gasteiger partial charge in [-0.1, -0.05) is 6.92 Å². The lowest BCUT2D eigenvalue weighted by molar-refractivity contribution is 0.584. The van der Waals surface area contributed by atoms with Gasteiger partial charge < -0.3 is 4.90 Å². The molecule has 0 aliphatic carbocycles. The Balaban J connectivity index is 4.66. The second-order valence-corrected chi connectivity index (χ2v) is 3.49. The van der Waals surface area contributed by atoms with Gasteiger partial charge in [-0.05, 0) is 33.9 Å². The summed E-state index contributed by atoms with van der Waals surface area (Å²) in [6.45, 7) is 11.7. The van der Waals surface area contributed by atoms with Crippen molar-refractivity contribution in [1.82, 2.24) is 4.90 Å². The summed E-state index contributed by atoms with van der Waals surface area (Å²) in [5, 5.41) is 0. The lowest BCUT2D eigenvalue weighted by Gasteiger charge is -2.21. The Labute approximate surface area is 87.2 Å².